The summed E-state index contributed by atoms with van der Waals surface area (Å²) in [6.45, 7) is 1.87. The molecule has 0 bridgehead atoms. The summed E-state index contributed by atoms with van der Waals surface area (Å²) >= 11 is 5.44. The van der Waals surface area contributed by atoms with E-state index in [-0.39, 0.29) is 10.7 Å². The van der Waals surface area contributed by atoms with Crippen LogP contribution in [0.25, 0.3) is 27.8 Å². The zero-order chi connectivity index (χ0) is 24.4. The summed E-state index contributed by atoms with van der Waals surface area (Å²) in [4.78, 5) is 16.6. The van der Waals surface area contributed by atoms with E-state index >= 15 is 0 Å². The van der Waals surface area contributed by atoms with Crippen LogP contribution in [-0.2, 0) is 7.05 Å². The first-order valence-corrected chi connectivity index (χ1v) is 11.6. The van der Waals surface area contributed by atoms with E-state index in [1.165, 1.54) is 0 Å². The maximum atomic E-state index is 13.1. The molecule has 5 aromatic rings. The highest BCUT2D eigenvalue weighted by Gasteiger charge is 2.17. The number of thiocarbonyl (C=S) groups is 1. The number of aromatic nitrogens is 3. The van der Waals surface area contributed by atoms with Crippen LogP contribution in [-0.4, -0.2) is 25.7 Å². The molecule has 2 heterocycles. The van der Waals surface area contributed by atoms with Crippen molar-refractivity contribution in [3.8, 4) is 16.9 Å². The van der Waals surface area contributed by atoms with E-state index in [0.29, 0.717) is 5.69 Å². The van der Waals surface area contributed by atoms with Crippen molar-refractivity contribution in [2.45, 2.75) is 6.92 Å². The number of hydrazone groups is 1. The number of hydrogen-bond donors (Lipinski definition) is 3. The van der Waals surface area contributed by atoms with Gasteiger partial charge in [0, 0.05) is 23.5 Å². The number of anilines is 1. The van der Waals surface area contributed by atoms with Crippen LogP contribution >= 0.6 is 12.2 Å². The molecule has 8 heteroatoms. The Morgan fingerprint density at radius 3 is 2.37 bits per heavy atom. The number of rotatable bonds is 5. The van der Waals surface area contributed by atoms with Crippen LogP contribution in [0.4, 0.5) is 5.69 Å². The maximum absolute atomic E-state index is 13.1. The van der Waals surface area contributed by atoms with Gasteiger partial charge in [0.1, 0.15) is 5.69 Å². The number of nitrogens with zero attached hydrogens (tertiary/aromatic N) is 3. The molecule has 3 aromatic carbocycles. The Morgan fingerprint density at radius 1 is 0.971 bits per heavy atom. The van der Waals surface area contributed by atoms with Crippen LogP contribution in [0.1, 0.15) is 11.3 Å². The predicted molar refractivity (Wildman–Crippen MR) is 146 cm³/mol. The van der Waals surface area contributed by atoms with Gasteiger partial charge in [0.05, 0.1) is 23.3 Å². The largest absolute Gasteiger partial charge is 0.354 e. The third kappa shape index (κ3) is 4.27. The van der Waals surface area contributed by atoms with Gasteiger partial charge in [-0.1, -0.05) is 66.7 Å². The van der Waals surface area contributed by atoms with Crippen LogP contribution in [0.5, 0.6) is 0 Å². The molecule has 0 saturated heterocycles. The third-order valence-electron chi connectivity index (χ3n) is 5.96. The summed E-state index contributed by atoms with van der Waals surface area (Å²) in [5.74, 6) is 0. The standard InChI is InChI=1S/C27H24N6OS/c1-18-24(26(34)33(32(18)2)20-13-7-4-8-14-20)30-27(35)31-28-17-22-21-15-9-10-16-23(21)29-25(22)19-11-5-3-6-12-19/h3-17,29H,1-2H3,(H2,30,31,35). The fourth-order valence-electron chi connectivity index (χ4n) is 4.14. The summed E-state index contributed by atoms with van der Waals surface area (Å²) in [5.41, 5.74) is 8.62. The third-order valence-corrected chi connectivity index (χ3v) is 6.15. The first-order chi connectivity index (χ1) is 17.0. The average molecular weight is 481 g/mol. The van der Waals surface area contributed by atoms with Crippen LogP contribution in [0.3, 0.4) is 0 Å². The van der Waals surface area contributed by atoms with Crippen LogP contribution in [0.15, 0.2) is 94.8 Å². The van der Waals surface area contributed by atoms with Gasteiger partial charge in [0.2, 0.25) is 0 Å². The minimum Gasteiger partial charge on any atom is -0.354 e. The molecule has 0 amide bonds. The lowest BCUT2D eigenvalue weighted by atomic mass is 10.1. The van der Waals surface area contributed by atoms with E-state index < -0.39 is 0 Å². The molecule has 7 nitrogen and oxygen atoms in total. The number of aromatic amines is 1. The molecule has 0 radical (unpaired) electrons. The maximum Gasteiger partial charge on any atom is 0.295 e. The highest BCUT2D eigenvalue weighted by molar-refractivity contribution is 7.80. The second-order valence-corrected chi connectivity index (χ2v) is 8.49. The second-order valence-electron chi connectivity index (χ2n) is 8.09. The van der Waals surface area contributed by atoms with Gasteiger partial charge < -0.3 is 10.3 Å². The van der Waals surface area contributed by atoms with Gasteiger partial charge in [-0.3, -0.25) is 14.9 Å². The Bertz CT molecular complexity index is 1600. The normalized spacial score (nSPS) is 11.3. The monoisotopic (exact) mass is 480 g/mol. The van der Waals surface area contributed by atoms with E-state index in [9.17, 15) is 4.79 Å². The molecule has 0 aliphatic rings. The molecule has 2 aromatic heterocycles. The molecular weight excluding hydrogens is 456 g/mol. The van der Waals surface area contributed by atoms with Gasteiger partial charge in [-0.05, 0) is 42.9 Å². The number of para-hydroxylation sites is 2. The lowest BCUT2D eigenvalue weighted by Crippen LogP contribution is -2.28. The molecule has 174 valence electrons. The number of benzene rings is 3. The lowest BCUT2D eigenvalue weighted by molar-refractivity contribution is 0.630. The molecule has 0 aliphatic carbocycles. The fourth-order valence-corrected chi connectivity index (χ4v) is 4.29. The van der Waals surface area contributed by atoms with Crippen LogP contribution < -0.4 is 16.3 Å². The molecule has 0 unspecified atom stereocenters. The van der Waals surface area contributed by atoms with E-state index in [0.717, 1.165) is 39.1 Å². The molecule has 0 saturated carbocycles. The second kappa shape index (κ2) is 9.44. The Hall–Kier alpha value is -4.43. The van der Waals surface area contributed by atoms with Gasteiger partial charge >= 0.3 is 0 Å². The number of hydrogen-bond acceptors (Lipinski definition) is 3. The van der Waals surface area contributed by atoms with Crippen molar-refractivity contribution in [2.75, 3.05) is 5.32 Å². The molecule has 0 fully saturated rings. The zero-order valence-corrected chi connectivity index (χ0v) is 20.1. The first kappa shape index (κ1) is 22.4. The van der Waals surface area contributed by atoms with Crippen molar-refractivity contribution in [3.63, 3.8) is 0 Å². The highest BCUT2D eigenvalue weighted by Crippen LogP contribution is 2.28. The van der Waals surface area contributed by atoms with E-state index in [1.54, 1.807) is 15.6 Å². The number of H-pyrrole nitrogens is 1. The number of fused-ring (bicyclic) bond motifs is 1. The van der Waals surface area contributed by atoms with Crippen molar-refractivity contribution >= 4 is 40.1 Å². The lowest BCUT2D eigenvalue weighted by Gasteiger charge is -2.07. The highest BCUT2D eigenvalue weighted by atomic mass is 32.1. The summed E-state index contributed by atoms with van der Waals surface area (Å²) < 4.78 is 3.39. The summed E-state index contributed by atoms with van der Waals surface area (Å²) in [7, 11) is 1.84. The zero-order valence-electron chi connectivity index (χ0n) is 19.3. The van der Waals surface area contributed by atoms with Crippen molar-refractivity contribution in [1.82, 2.24) is 19.8 Å². The first-order valence-electron chi connectivity index (χ1n) is 11.1. The molecule has 0 atom stereocenters. The van der Waals surface area contributed by atoms with E-state index in [4.69, 9.17) is 12.2 Å². The SMILES string of the molecule is Cc1c(NC(=S)NN=Cc2c(-c3ccccc3)[nH]c3ccccc23)c(=O)n(-c2ccccc2)n1C. The minimum absolute atomic E-state index is 0.188. The smallest absolute Gasteiger partial charge is 0.295 e. The predicted octanol–water partition coefficient (Wildman–Crippen LogP) is 4.95. The molecular formula is C27H24N6OS. The van der Waals surface area contributed by atoms with Gasteiger partial charge in [0.25, 0.3) is 5.56 Å². The molecule has 0 aliphatic heterocycles. The van der Waals surface area contributed by atoms with Gasteiger partial charge in [-0.2, -0.15) is 5.10 Å². The Balaban J connectivity index is 1.39. The average Bonchev–Trinajstić information content (AvgIpc) is 3.35. The van der Waals surface area contributed by atoms with Crippen molar-refractivity contribution in [1.29, 1.82) is 0 Å². The van der Waals surface area contributed by atoms with Crippen LogP contribution in [0, 0.1) is 6.92 Å². The van der Waals surface area contributed by atoms with Crippen molar-refractivity contribution in [3.05, 3.63) is 107 Å². The Labute approximate surface area is 207 Å². The Morgan fingerprint density at radius 2 is 1.63 bits per heavy atom. The minimum atomic E-state index is -0.188. The molecule has 35 heavy (non-hydrogen) atoms. The molecule has 5 rings (SSSR count). The van der Waals surface area contributed by atoms with E-state index in [1.807, 2.05) is 80.7 Å². The van der Waals surface area contributed by atoms with E-state index in [2.05, 4.69) is 39.0 Å². The topological polar surface area (TPSA) is 79.1 Å². The van der Waals surface area contributed by atoms with Gasteiger partial charge in [0.15, 0.2) is 5.11 Å². The van der Waals surface area contributed by atoms with Crippen molar-refractivity contribution in [2.24, 2.45) is 12.1 Å². The summed E-state index contributed by atoms with van der Waals surface area (Å²) in [5, 5.41) is 8.68. The van der Waals surface area contributed by atoms with Crippen molar-refractivity contribution < 1.29 is 0 Å². The van der Waals surface area contributed by atoms with Gasteiger partial charge in [-0.25, -0.2) is 4.68 Å². The molecule has 3 N–H and O–H groups in total. The molecule has 0 spiro atoms. The van der Waals surface area contributed by atoms with Crippen LogP contribution in [0.2, 0.25) is 0 Å². The fraction of sp³-hybridized carbons (Fsp3) is 0.0741. The Kier molecular flexibility index (Phi) is 6.03. The summed E-state index contributed by atoms with van der Waals surface area (Å²) in [6, 6.07) is 27.7. The summed E-state index contributed by atoms with van der Waals surface area (Å²) in [6.07, 6.45) is 1.75. The van der Waals surface area contributed by atoms with Gasteiger partial charge in [-0.15, -0.1) is 0 Å². The quantitative estimate of drug-likeness (QED) is 0.189. The number of nitrogens with one attached hydrogen (secondary N) is 3.